The van der Waals surface area contributed by atoms with Crippen LogP contribution in [0, 0.1) is 13.8 Å². The number of carbonyl (C=O) groups is 2. The van der Waals surface area contributed by atoms with E-state index in [2.05, 4.69) is 0 Å². The molecule has 1 aliphatic carbocycles. The first-order valence-corrected chi connectivity index (χ1v) is 8.68. The summed E-state index contributed by atoms with van der Waals surface area (Å²) in [5.74, 6) is -19.8. The van der Waals surface area contributed by atoms with E-state index < -0.39 is 63.4 Å². The van der Waals surface area contributed by atoms with Crippen LogP contribution in [0.4, 0.5) is 26.3 Å². The summed E-state index contributed by atoms with van der Waals surface area (Å²) >= 11 is 0. The molecule has 0 aliphatic heterocycles. The monoisotopic (exact) mass is 450 g/mol. The predicted molar refractivity (Wildman–Crippen MR) is 95.9 cm³/mol. The smallest absolute Gasteiger partial charge is 0.380 e. The topological polar surface area (TPSA) is 84.5 Å². The molecule has 0 unspecified atom stereocenters. The van der Waals surface area contributed by atoms with Gasteiger partial charge in [-0.25, -0.2) is 9.59 Å². The van der Waals surface area contributed by atoms with Crippen LogP contribution in [-0.2, 0) is 14.1 Å². The lowest BCUT2D eigenvalue weighted by atomic mass is 9.94. The summed E-state index contributed by atoms with van der Waals surface area (Å²) in [7, 11) is 2.31. The molecule has 168 valence electrons. The van der Waals surface area contributed by atoms with Crippen molar-refractivity contribution in [3.05, 3.63) is 46.0 Å². The third-order valence-electron chi connectivity index (χ3n) is 5.71. The maximum Gasteiger partial charge on any atom is 0.380 e. The molecule has 2 heterocycles. The molecule has 12 heteroatoms. The van der Waals surface area contributed by atoms with E-state index in [1.807, 2.05) is 0 Å². The third-order valence-corrected chi connectivity index (χ3v) is 5.71. The fourth-order valence-electron chi connectivity index (χ4n) is 3.75. The number of hydrogen-bond donors (Lipinski definition) is 2. The van der Waals surface area contributed by atoms with Crippen LogP contribution in [0.1, 0.15) is 43.5 Å². The van der Waals surface area contributed by atoms with E-state index in [1.165, 1.54) is 0 Å². The minimum absolute atomic E-state index is 0.259. The molecule has 6 nitrogen and oxygen atoms in total. The van der Waals surface area contributed by atoms with Gasteiger partial charge in [0.2, 0.25) is 0 Å². The Labute approximate surface area is 171 Å². The Hall–Kier alpha value is -3.18. The van der Waals surface area contributed by atoms with Crippen LogP contribution in [0.5, 0.6) is 0 Å². The number of aromatic nitrogens is 2. The predicted octanol–water partition coefficient (Wildman–Crippen LogP) is 4.21. The molecule has 0 atom stereocenters. The number of rotatable bonds is 4. The fourth-order valence-corrected chi connectivity index (χ4v) is 3.75. The normalized spacial score (nSPS) is 19.2. The second kappa shape index (κ2) is 6.41. The van der Waals surface area contributed by atoms with Gasteiger partial charge in [0, 0.05) is 47.8 Å². The average molecular weight is 450 g/mol. The number of carboxylic acid groups (broad SMARTS) is 2. The minimum Gasteiger partial charge on any atom is -0.477 e. The van der Waals surface area contributed by atoms with Gasteiger partial charge in [0.25, 0.3) is 0 Å². The Morgan fingerprint density at radius 3 is 1.26 bits per heavy atom. The van der Waals surface area contributed by atoms with Crippen LogP contribution in [0.2, 0.25) is 0 Å². The van der Waals surface area contributed by atoms with Crippen molar-refractivity contribution in [2.45, 2.75) is 31.6 Å². The molecule has 0 fully saturated rings. The van der Waals surface area contributed by atoms with E-state index in [-0.39, 0.29) is 11.4 Å². The van der Waals surface area contributed by atoms with Crippen molar-refractivity contribution in [1.29, 1.82) is 0 Å². The highest BCUT2D eigenvalue weighted by atomic mass is 19.3. The number of halogens is 6. The van der Waals surface area contributed by atoms with Gasteiger partial charge in [-0.1, -0.05) is 0 Å². The SMILES string of the molecule is Cc1c(C2=C(c3cc(C(=O)O)n(C)c3C)C(F)(F)C(F)(F)C2(F)F)cc(C(=O)O)n1C. The molecular formula is C19H16F6N2O4. The van der Waals surface area contributed by atoms with E-state index in [0.29, 0.717) is 12.1 Å². The molecule has 0 amide bonds. The van der Waals surface area contributed by atoms with Gasteiger partial charge < -0.3 is 19.3 Å². The quantitative estimate of drug-likeness (QED) is 0.684. The lowest BCUT2D eigenvalue weighted by Gasteiger charge is -2.25. The van der Waals surface area contributed by atoms with E-state index in [4.69, 9.17) is 0 Å². The highest BCUT2D eigenvalue weighted by Crippen LogP contribution is 2.65. The van der Waals surface area contributed by atoms with Crippen molar-refractivity contribution < 1.29 is 46.1 Å². The van der Waals surface area contributed by atoms with Crippen molar-refractivity contribution in [1.82, 2.24) is 9.13 Å². The Morgan fingerprint density at radius 2 is 1.03 bits per heavy atom. The van der Waals surface area contributed by atoms with Crippen LogP contribution >= 0.6 is 0 Å². The van der Waals surface area contributed by atoms with Crippen molar-refractivity contribution >= 4 is 23.1 Å². The molecule has 0 saturated heterocycles. The third kappa shape index (κ3) is 2.66. The molecule has 1 aliphatic rings. The fraction of sp³-hybridized carbons (Fsp3) is 0.368. The zero-order valence-corrected chi connectivity index (χ0v) is 16.5. The Bertz CT molecular complexity index is 1080. The van der Waals surface area contributed by atoms with E-state index >= 15 is 0 Å². The number of aromatic carboxylic acids is 2. The van der Waals surface area contributed by atoms with Crippen molar-refractivity contribution in [2.24, 2.45) is 14.1 Å². The van der Waals surface area contributed by atoms with Gasteiger partial charge in [-0.05, 0) is 26.0 Å². The summed E-state index contributed by atoms with van der Waals surface area (Å²) in [6.45, 7) is 2.25. The van der Waals surface area contributed by atoms with Crippen LogP contribution in [0.25, 0.3) is 11.1 Å². The summed E-state index contributed by atoms with van der Waals surface area (Å²) < 4.78 is 90.0. The summed E-state index contributed by atoms with van der Waals surface area (Å²) in [6, 6.07) is 1.24. The van der Waals surface area contributed by atoms with E-state index in [1.54, 1.807) is 0 Å². The molecule has 0 saturated carbocycles. The number of nitrogens with zero attached hydrogens (tertiary/aromatic N) is 2. The molecule has 0 spiro atoms. The maximum atomic E-state index is 14.9. The highest BCUT2D eigenvalue weighted by molar-refractivity contribution is 6.04. The molecular weight excluding hydrogens is 434 g/mol. The van der Waals surface area contributed by atoms with E-state index in [0.717, 1.165) is 37.1 Å². The number of hydrogen-bond acceptors (Lipinski definition) is 2. The van der Waals surface area contributed by atoms with Crippen molar-refractivity contribution in [3.63, 3.8) is 0 Å². The Morgan fingerprint density at radius 1 is 0.742 bits per heavy atom. The molecule has 31 heavy (non-hydrogen) atoms. The second-order valence-corrected chi connectivity index (χ2v) is 7.26. The number of allylic oxidation sites excluding steroid dienone is 2. The van der Waals surface area contributed by atoms with Crippen LogP contribution in [0.15, 0.2) is 12.1 Å². The van der Waals surface area contributed by atoms with Crippen molar-refractivity contribution in [2.75, 3.05) is 0 Å². The molecule has 0 bridgehead atoms. The first kappa shape index (κ1) is 22.5. The van der Waals surface area contributed by atoms with E-state index in [9.17, 15) is 46.1 Å². The van der Waals surface area contributed by atoms with Crippen LogP contribution in [-0.4, -0.2) is 49.1 Å². The largest absolute Gasteiger partial charge is 0.477 e. The summed E-state index contributed by atoms with van der Waals surface area (Å²) in [4.78, 5) is 22.7. The van der Waals surface area contributed by atoms with Gasteiger partial charge in [-0.3, -0.25) is 0 Å². The van der Waals surface area contributed by atoms with Gasteiger partial charge in [-0.15, -0.1) is 0 Å². The first-order chi connectivity index (χ1) is 14.0. The Kier molecular flexibility index (Phi) is 4.65. The van der Waals surface area contributed by atoms with Gasteiger partial charge in [0.15, 0.2) is 0 Å². The zero-order valence-electron chi connectivity index (χ0n) is 16.5. The van der Waals surface area contributed by atoms with Crippen LogP contribution < -0.4 is 0 Å². The molecule has 2 aromatic rings. The first-order valence-electron chi connectivity index (χ1n) is 8.68. The Balaban J connectivity index is 2.52. The molecule has 0 aromatic carbocycles. The van der Waals surface area contributed by atoms with Crippen LogP contribution in [0.3, 0.4) is 0 Å². The van der Waals surface area contributed by atoms with Gasteiger partial charge in [-0.2, -0.15) is 26.3 Å². The summed E-state index contributed by atoms with van der Waals surface area (Å²) in [6.07, 6.45) is 0. The van der Waals surface area contributed by atoms with Gasteiger partial charge in [0.05, 0.1) is 0 Å². The minimum atomic E-state index is -5.85. The molecule has 0 radical (unpaired) electrons. The standard InChI is InChI=1S/C19H16F6N2O4/c1-7-9(5-11(15(28)29)26(7)3)13-14(18(22,23)19(24,25)17(13,20)21)10-6-12(16(30)31)27(4)8(10)2/h5-6H,1-4H3,(H,28,29)(H,30,31). The average Bonchev–Trinajstić information content (AvgIpc) is 3.13. The molecule has 3 rings (SSSR count). The lowest BCUT2D eigenvalue weighted by molar-refractivity contribution is -0.254. The van der Waals surface area contributed by atoms with Gasteiger partial charge >= 0.3 is 29.7 Å². The molecule has 2 N–H and O–H groups in total. The summed E-state index contributed by atoms with van der Waals surface area (Å²) in [5.41, 5.74) is -6.75. The molecule has 2 aromatic heterocycles. The second-order valence-electron chi connectivity index (χ2n) is 7.26. The zero-order chi connectivity index (χ0) is 23.8. The lowest BCUT2D eigenvalue weighted by Crippen LogP contribution is -2.49. The maximum absolute atomic E-state index is 14.9. The number of carboxylic acids is 2. The number of alkyl halides is 6. The van der Waals surface area contributed by atoms with Crippen molar-refractivity contribution in [3.8, 4) is 0 Å². The summed E-state index contributed by atoms with van der Waals surface area (Å²) in [5, 5.41) is 18.4. The highest BCUT2D eigenvalue weighted by Gasteiger charge is 2.80. The van der Waals surface area contributed by atoms with Gasteiger partial charge in [0.1, 0.15) is 11.4 Å².